The molecule has 0 spiro atoms. The molecule has 1 N–H and O–H groups in total. The summed E-state index contributed by atoms with van der Waals surface area (Å²) in [4.78, 5) is 13.7. The Bertz CT molecular complexity index is 355. The van der Waals surface area contributed by atoms with Crippen LogP contribution < -0.4 is 0 Å². The van der Waals surface area contributed by atoms with Crippen LogP contribution in [0.4, 0.5) is 0 Å². The maximum absolute atomic E-state index is 11.8. The second-order valence-electron chi connectivity index (χ2n) is 3.71. The van der Waals surface area contributed by atoms with Crippen LogP contribution in [-0.2, 0) is 0 Å². The molecule has 1 rings (SSSR count). The molecule has 0 aliphatic rings. The summed E-state index contributed by atoms with van der Waals surface area (Å²) in [5, 5.41) is 8.72. The van der Waals surface area contributed by atoms with Crippen molar-refractivity contribution in [3.63, 3.8) is 0 Å². The molecule has 0 unspecified atom stereocenters. The van der Waals surface area contributed by atoms with E-state index in [2.05, 4.69) is 15.9 Å². The molecule has 0 heterocycles. The normalized spacial score (nSPS) is 10.8. The molecule has 0 amide bonds. The van der Waals surface area contributed by atoms with E-state index in [0.29, 0.717) is 19.5 Å². The molecule has 3 nitrogen and oxygen atoms in total. The van der Waals surface area contributed by atoms with E-state index in [0.717, 1.165) is 10.0 Å². The number of hydrogen-bond acceptors (Lipinski definition) is 3. The van der Waals surface area contributed by atoms with Crippen molar-refractivity contribution in [2.75, 3.05) is 26.7 Å². The van der Waals surface area contributed by atoms with Crippen LogP contribution in [0.1, 0.15) is 16.8 Å². The topological polar surface area (TPSA) is 40.5 Å². The molecule has 0 atom stereocenters. The number of Topliss-reactive ketones (excluding diaryl/α,β-unsaturated/α-hetero) is 1. The molecule has 0 aromatic heterocycles. The Labute approximate surface area is 104 Å². The van der Waals surface area contributed by atoms with Gasteiger partial charge in [-0.1, -0.05) is 28.1 Å². The summed E-state index contributed by atoms with van der Waals surface area (Å²) in [5.41, 5.74) is 0.728. The van der Waals surface area contributed by atoms with E-state index in [1.807, 2.05) is 36.2 Å². The maximum atomic E-state index is 11.8. The molecule has 0 saturated heterocycles. The monoisotopic (exact) mass is 285 g/mol. The number of nitrogens with zero attached hydrogens (tertiary/aromatic N) is 1. The van der Waals surface area contributed by atoms with Crippen LogP contribution in [0.5, 0.6) is 0 Å². The van der Waals surface area contributed by atoms with Crippen molar-refractivity contribution in [1.29, 1.82) is 0 Å². The van der Waals surface area contributed by atoms with E-state index in [1.54, 1.807) is 0 Å². The van der Waals surface area contributed by atoms with Gasteiger partial charge < -0.3 is 10.0 Å². The van der Waals surface area contributed by atoms with Gasteiger partial charge in [-0.2, -0.15) is 0 Å². The summed E-state index contributed by atoms with van der Waals surface area (Å²) in [7, 11) is 1.89. The minimum Gasteiger partial charge on any atom is -0.395 e. The molecule has 88 valence electrons. The molecule has 0 saturated carbocycles. The smallest absolute Gasteiger partial charge is 0.164 e. The third-order valence-electron chi connectivity index (χ3n) is 2.35. The van der Waals surface area contributed by atoms with Gasteiger partial charge in [-0.25, -0.2) is 0 Å². The van der Waals surface area contributed by atoms with Gasteiger partial charge in [0.1, 0.15) is 0 Å². The maximum Gasteiger partial charge on any atom is 0.164 e. The van der Waals surface area contributed by atoms with E-state index in [1.165, 1.54) is 0 Å². The van der Waals surface area contributed by atoms with E-state index in [-0.39, 0.29) is 12.4 Å². The number of carbonyl (C=O) groups is 1. The van der Waals surface area contributed by atoms with Gasteiger partial charge in [0.2, 0.25) is 0 Å². The molecule has 1 aromatic carbocycles. The minimum absolute atomic E-state index is 0.127. The average Bonchev–Trinajstić information content (AvgIpc) is 2.26. The van der Waals surface area contributed by atoms with Crippen molar-refractivity contribution < 1.29 is 9.90 Å². The summed E-state index contributed by atoms with van der Waals surface area (Å²) in [6, 6.07) is 7.40. The van der Waals surface area contributed by atoms with E-state index >= 15 is 0 Å². The summed E-state index contributed by atoms with van der Waals surface area (Å²) < 4.78 is 0.919. The highest BCUT2D eigenvalue weighted by Crippen LogP contribution is 2.13. The lowest BCUT2D eigenvalue weighted by Crippen LogP contribution is -2.24. The van der Waals surface area contributed by atoms with Gasteiger partial charge in [0.05, 0.1) is 6.61 Å². The first-order valence-electron chi connectivity index (χ1n) is 5.21. The largest absolute Gasteiger partial charge is 0.395 e. The Balaban J connectivity index is 2.47. The number of likely N-dealkylation sites (N-methyl/N-ethyl adjacent to an activating group) is 1. The van der Waals surface area contributed by atoms with Crippen LogP contribution in [-0.4, -0.2) is 42.5 Å². The fourth-order valence-electron chi connectivity index (χ4n) is 1.38. The van der Waals surface area contributed by atoms with Crippen molar-refractivity contribution in [1.82, 2.24) is 4.90 Å². The Morgan fingerprint density at radius 1 is 1.44 bits per heavy atom. The Hall–Kier alpha value is -0.710. The first kappa shape index (κ1) is 13.4. The molecular weight excluding hydrogens is 270 g/mol. The highest BCUT2D eigenvalue weighted by Gasteiger charge is 2.07. The fourth-order valence-corrected chi connectivity index (χ4v) is 1.78. The first-order valence-corrected chi connectivity index (χ1v) is 6.01. The summed E-state index contributed by atoms with van der Waals surface area (Å²) >= 11 is 3.34. The standard InChI is InChI=1S/C12H16BrNO2/c1-14(7-8-15)6-5-12(16)10-3-2-4-11(13)9-10/h2-4,9,15H,5-8H2,1H3. The third-order valence-corrected chi connectivity index (χ3v) is 2.84. The summed E-state index contributed by atoms with van der Waals surface area (Å²) in [5.74, 6) is 0.131. The van der Waals surface area contributed by atoms with E-state index in [4.69, 9.17) is 5.11 Å². The number of carbonyl (C=O) groups excluding carboxylic acids is 1. The fraction of sp³-hybridized carbons (Fsp3) is 0.417. The second-order valence-corrected chi connectivity index (χ2v) is 4.63. The van der Waals surface area contributed by atoms with Gasteiger partial charge in [0.25, 0.3) is 0 Å². The zero-order valence-electron chi connectivity index (χ0n) is 9.32. The van der Waals surface area contributed by atoms with Crippen molar-refractivity contribution in [3.05, 3.63) is 34.3 Å². The summed E-state index contributed by atoms with van der Waals surface area (Å²) in [6.07, 6.45) is 0.479. The number of aliphatic hydroxyl groups excluding tert-OH is 1. The second kappa shape index (κ2) is 6.78. The van der Waals surface area contributed by atoms with Crippen LogP contribution in [0.2, 0.25) is 0 Å². The predicted molar refractivity (Wildman–Crippen MR) is 67.7 cm³/mol. The highest BCUT2D eigenvalue weighted by molar-refractivity contribution is 9.10. The molecule has 1 aromatic rings. The van der Waals surface area contributed by atoms with Crippen LogP contribution in [0.3, 0.4) is 0 Å². The number of rotatable bonds is 6. The zero-order valence-corrected chi connectivity index (χ0v) is 10.9. The lowest BCUT2D eigenvalue weighted by atomic mass is 10.1. The molecule has 0 radical (unpaired) electrons. The molecular formula is C12H16BrNO2. The van der Waals surface area contributed by atoms with Gasteiger partial charge in [0.15, 0.2) is 5.78 Å². The third kappa shape index (κ3) is 4.43. The SMILES string of the molecule is CN(CCO)CCC(=O)c1cccc(Br)c1. The van der Waals surface area contributed by atoms with Gasteiger partial charge >= 0.3 is 0 Å². The van der Waals surface area contributed by atoms with Crippen molar-refractivity contribution in [2.45, 2.75) is 6.42 Å². The summed E-state index contributed by atoms with van der Waals surface area (Å²) in [6.45, 7) is 1.40. The number of halogens is 1. The van der Waals surface area contributed by atoms with Gasteiger partial charge in [-0.3, -0.25) is 4.79 Å². The number of benzene rings is 1. The number of aliphatic hydroxyl groups is 1. The molecule has 0 bridgehead atoms. The van der Waals surface area contributed by atoms with E-state index < -0.39 is 0 Å². The molecule has 0 aliphatic heterocycles. The van der Waals surface area contributed by atoms with Gasteiger partial charge in [-0.15, -0.1) is 0 Å². The van der Waals surface area contributed by atoms with Crippen molar-refractivity contribution in [2.24, 2.45) is 0 Å². The Morgan fingerprint density at radius 3 is 2.81 bits per heavy atom. The quantitative estimate of drug-likeness (QED) is 0.813. The zero-order chi connectivity index (χ0) is 12.0. The van der Waals surface area contributed by atoms with Crippen LogP contribution in [0.15, 0.2) is 28.7 Å². The van der Waals surface area contributed by atoms with Crippen LogP contribution in [0.25, 0.3) is 0 Å². The predicted octanol–water partition coefficient (Wildman–Crippen LogP) is 1.95. The Morgan fingerprint density at radius 2 is 2.19 bits per heavy atom. The lowest BCUT2D eigenvalue weighted by Gasteiger charge is -2.13. The van der Waals surface area contributed by atoms with Crippen LogP contribution in [0, 0.1) is 0 Å². The van der Waals surface area contributed by atoms with Gasteiger partial charge in [-0.05, 0) is 19.2 Å². The minimum atomic E-state index is 0.127. The van der Waals surface area contributed by atoms with Gasteiger partial charge in [0, 0.05) is 29.5 Å². The van der Waals surface area contributed by atoms with E-state index in [9.17, 15) is 4.79 Å². The van der Waals surface area contributed by atoms with Crippen LogP contribution >= 0.6 is 15.9 Å². The van der Waals surface area contributed by atoms with Crippen molar-refractivity contribution >= 4 is 21.7 Å². The average molecular weight is 286 g/mol. The lowest BCUT2D eigenvalue weighted by molar-refractivity contribution is 0.0964. The molecule has 16 heavy (non-hydrogen) atoms. The highest BCUT2D eigenvalue weighted by atomic mass is 79.9. The molecule has 0 fully saturated rings. The first-order chi connectivity index (χ1) is 7.63. The number of ketones is 1. The molecule has 0 aliphatic carbocycles. The Kier molecular flexibility index (Phi) is 5.66. The van der Waals surface area contributed by atoms with Crippen molar-refractivity contribution in [3.8, 4) is 0 Å². The molecule has 4 heteroatoms. The number of hydrogen-bond donors (Lipinski definition) is 1.